The molecule has 0 aliphatic carbocycles. The van der Waals surface area contributed by atoms with Crippen LogP contribution < -0.4 is 56.8 Å². The number of benzene rings is 2. The van der Waals surface area contributed by atoms with Gasteiger partial charge in [-0.25, -0.2) is 23.2 Å². The number of anilines is 7. The first kappa shape index (κ1) is 105. The van der Waals surface area contributed by atoms with Crippen molar-refractivity contribution < 1.29 is 37.4 Å². The van der Waals surface area contributed by atoms with Crippen molar-refractivity contribution in [1.29, 1.82) is 0 Å². The minimum absolute atomic E-state index is 0. The minimum atomic E-state index is -0.502. The summed E-state index contributed by atoms with van der Waals surface area (Å²) in [5, 5.41) is 18.6. The fourth-order valence-electron chi connectivity index (χ4n) is 13.5. The van der Waals surface area contributed by atoms with Crippen molar-refractivity contribution in [2.75, 3.05) is 206 Å². The van der Waals surface area contributed by atoms with Crippen molar-refractivity contribution in [2.24, 2.45) is 0 Å². The van der Waals surface area contributed by atoms with Crippen molar-refractivity contribution in [3.63, 3.8) is 0 Å². The van der Waals surface area contributed by atoms with Gasteiger partial charge in [-0.1, -0.05) is 69.6 Å². The zero-order valence-corrected chi connectivity index (χ0v) is 79.0. The molecule has 7 saturated heterocycles. The molecule has 0 radical (unpaired) electrons. The van der Waals surface area contributed by atoms with E-state index in [2.05, 4.69) is 101 Å². The molecule has 125 heavy (non-hydrogen) atoms. The van der Waals surface area contributed by atoms with E-state index < -0.39 is 22.8 Å². The van der Waals surface area contributed by atoms with Crippen LogP contribution in [-0.2, 0) is 14.2 Å². The molecular weight excluding hydrogens is 1740 g/mol. The summed E-state index contributed by atoms with van der Waals surface area (Å²) in [6, 6.07) is 19.7. The number of carbonyl (C=O) groups is 3. The molecule has 7 N–H and O–H groups in total. The first-order chi connectivity index (χ1) is 59.5. The van der Waals surface area contributed by atoms with Gasteiger partial charge in [-0.3, -0.25) is 29.9 Å². The van der Waals surface area contributed by atoms with Gasteiger partial charge in [0.2, 0.25) is 0 Å². The summed E-state index contributed by atoms with van der Waals surface area (Å²) in [4.78, 5) is 77.7. The highest BCUT2D eigenvalue weighted by Crippen LogP contribution is 2.30. The Labute approximate surface area is 774 Å². The van der Waals surface area contributed by atoms with Gasteiger partial charge < -0.3 is 85.7 Å². The molecular formula is C90H127Cl7F2N20O6. The molecule has 0 atom stereocenters. The zero-order valence-electron chi connectivity index (χ0n) is 73.6. The maximum absolute atomic E-state index is 13.2. The average molecular weight is 1870 g/mol. The number of aryl methyl sites for hydroxylation is 3. The number of hydrogen-bond acceptors (Lipinski definition) is 22. The maximum Gasteiger partial charge on any atom is 0.410 e. The third-order valence-electron chi connectivity index (χ3n) is 19.8. The van der Waals surface area contributed by atoms with E-state index >= 15 is 0 Å². The molecule has 7 aliphatic heterocycles. The number of ether oxygens (including phenoxy) is 3. The Morgan fingerprint density at radius 1 is 0.376 bits per heavy atom. The standard InChI is InChI=1S/C18H20ClFN4O.C16H25N3O2.C15H22ClN3O2.C11H17N3.C10H14ClN3.C6H5ClFN.C5H3Cl2N.C5H12N2.C4H8O.ClH/c1-13-12-21-6-5-17(13)23-7-2-8-24(10-9-23)18(25)22-14-3-4-16(20)15(19)11-14;1-13-12-17-7-6-14(13)18-8-5-9-19(11-10-18)15(20)21-16(2,3)4;1-15(2,3)21-14(20)19-8-4-7-18(9-10-19)13-5-6-17-11-12(13)16;1-10-9-13-5-3-11(10)14-7-2-4-12-6-8-14;11-9-8-13-4-2-10(9)14-6-1-3-12-5-7-14;7-5-3-4(9)1-2-6(5)8;6-4-1-2-8-3-5(4)7;1-2-6-4-5-7-3-1;1-2-4-5-3-1;/h3-6,11-12H,2,7-10H2,1H3,(H,22,25);6-7,12H,5,8-11H2,1-4H3;5-6,11H,4,7-10H2,1-3H3;3,5,9,12H,2,4,6-8H2,1H3;2,4,8,12H,1,3,5-7H2;1-3H,9H2;1-3H;6-7H,1-5H2;1-4H2;1H. The molecule has 6 aromatic heterocycles. The zero-order chi connectivity index (χ0) is 89.7. The highest BCUT2D eigenvalue weighted by molar-refractivity contribution is 6.41. The summed E-state index contributed by atoms with van der Waals surface area (Å²) in [6.45, 7) is 42.0. The molecule has 13 heterocycles. The summed E-state index contributed by atoms with van der Waals surface area (Å²) in [7, 11) is 0. The van der Waals surface area contributed by atoms with Crippen LogP contribution in [0.5, 0.6) is 0 Å². The summed E-state index contributed by atoms with van der Waals surface area (Å²) >= 11 is 34.4. The Bertz CT molecular complexity index is 4250. The van der Waals surface area contributed by atoms with Crippen LogP contribution in [0, 0.1) is 32.4 Å². The molecule has 26 nitrogen and oxygen atoms in total. The van der Waals surface area contributed by atoms with E-state index in [1.807, 2.05) is 109 Å². The van der Waals surface area contributed by atoms with Crippen LogP contribution in [0.25, 0.3) is 0 Å². The van der Waals surface area contributed by atoms with E-state index in [9.17, 15) is 23.2 Å². The van der Waals surface area contributed by atoms with E-state index in [-0.39, 0.29) is 40.7 Å². The number of pyridine rings is 6. The van der Waals surface area contributed by atoms with Crippen molar-refractivity contribution in [2.45, 2.75) is 125 Å². The van der Waals surface area contributed by atoms with E-state index in [0.717, 1.165) is 171 Å². The highest BCUT2D eigenvalue weighted by atomic mass is 35.5. The van der Waals surface area contributed by atoms with E-state index in [1.54, 1.807) is 53.0 Å². The molecule has 0 bridgehead atoms. The van der Waals surface area contributed by atoms with Gasteiger partial charge in [0, 0.05) is 247 Å². The summed E-state index contributed by atoms with van der Waals surface area (Å²) in [5.41, 5.74) is 14.7. The molecule has 7 fully saturated rings. The predicted octanol–water partition coefficient (Wildman–Crippen LogP) is 17.9. The fourth-order valence-corrected chi connectivity index (χ4v) is 14.6. The lowest BCUT2D eigenvalue weighted by molar-refractivity contribution is 0.0252. The number of amides is 4. The Morgan fingerprint density at radius 3 is 1.10 bits per heavy atom. The smallest absolute Gasteiger partial charge is 0.410 e. The van der Waals surface area contributed by atoms with Crippen LogP contribution in [0.1, 0.15) is 110 Å². The highest BCUT2D eigenvalue weighted by Gasteiger charge is 2.28. The van der Waals surface area contributed by atoms with Crippen LogP contribution in [0.3, 0.4) is 0 Å². The molecule has 2 aromatic carbocycles. The van der Waals surface area contributed by atoms with Gasteiger partial charge in [-0.05, 0) is 229 Å². The molecule has 0 spiro atoms. The number of carbonyl (C=O) groups excluding carboxylic acids is 3. The number of hydrogen-bond donors (Lipinski definition) is 6. The van der Waals surface area contributed by atoms with Crippen LogP contribution in [0.4, 0.5) is 63.0 Å². The summed E-state index contributed by atoms with van der Waals surface area (Å²) in [6.07, 6.45) is 29.6. The molecule has 8 aromatic rings. The molecule has 686 valence electrons. The SMILES string of the molecule is C1CCOC1.C1CNCCNC1.CC(C)(C)OC(=O)N1CCCN(c2ccncc2Cl)CC1.Cc1cnccc1N1CCCN(C(=O)Nc2ccc(F)c(Cl)c2)CC1.Cc1cnccc1N1CCCN(C(=O)OC(C)(C)C)CC1.Cc1cnccc1N1CCCNCC1.Cl.Clc1ccncc1Cl.Clc1cnccc1N1CCCNCC1.Nc1ccc(F)c(Cl)c1. The Kier molecular flexibility index (Phi) is 48.5. The largest absolute Gasteiger partial charge is 0.444 e. The average Bonchev–Trinajstić information content (AvgIpc) is 1.78. The van der Waals surface area contributed by atoms with Crippen molar-refractivity contribution in [3.05, 3.63) is 206 Å². The lowest BCUT2D eigenvalue weighted by Crippen LogP contribution is -2.39. The quantitative estimate of drug-likeness (QED) is 0.0845. The van der Waals surface area contributed by atoms with Crippen LogP contribution in [-0.4, -0.2) is 244 Å². The van der Waals surface area contributed by atoms with Crippen LogP contribution >= 0.6 is 82.0 Å². The van der Waals surface area contributed by atoms with Crippen molar-refractivity contribution in [1.82, 2.24) is 65.9 Å². The fraction of sp³-hybridized carbons (Fsp3) is 0.500. The van der Waals surface area contributed by atoms with Gasteiger partial charge in [0.15, 0.2) is 0 Å². The molecule has 4 amide bonds. The summed E-state index contributed by atoms with van der Waals surface area (Å²) < 4.78 is 41.4. The van der Waals surface area contributed by atoms with Gasteiger partial charge in [-0.15, -0.1) is 12.4 Å². The number of halogens is 9. The number of nitrogens with zero attached hydrogens (tertiary/aromatic N) is 14. The lowest BCUT2D eigenvalue weighted by Gasteiger charge is -2.27. The Balaban J connectivity index is 0.000000225. The normalized spacial score (nSPS) is 16.2. The number of rotatable bonds is 6. The first-order valence-electron chi connectivity index (χ1n) is 42.5. The van der Waals surface area contributed by atoms with E-state index in [0.29, 0.717) is 59.2 Å². The van der Waals surface area contributed by atoms with Gasteiger partial charge in [0.25, 0.3) is 0 Å². The molecule has 0 saturated carbocycles. The third kappa shape index (κ3) is 40.2. The summed E-state index contributed by atoms with van der Waals surface area (Å²) in [5.74, 6) is -0.941. The van der Waals surface area contributed by atoms with E-state index in [4.69, 9.17) is 89.5 Å². The second kappa shape index (κ2) is 57.5. The van der Waals surface area contributed by atoms with E-state index in [1.165, 1.54) is 110 Å². The molecule has 7 aliphatic rings. The second-order valence-corrected chi connectivity index (χ2v) is 34.4. The minimum Gasteiger partial charge on any atom is -0.444 e. The number of nitrogens with one attached hydrogen (secondary N) is 5. The van der Waals surface area contributed by atoms with Crippen molar-refractivity contribution >= 4 is 140 Å². The third-order valence-corrected chi connectivity index (χ3v) is 21.7. The van der Waals surface area contributed by atoms with Gasteiger partial charge >= 0.3 is 18.2 Å². The number of nitrogen functional groups attached to an aromatic ring is 1. The predicted molar refractivity (Wildman–Crippen MR) is 511 cm³/mol. The van der Waals surface area contributed by atoms with Crippen LogP contribution in [0.2, 0.25) is 30.1 Å². The number of urea groups is 1. The maximum atomic E-state index is 13.2. The molecule has 15 rings (SSSR count). The number of nitrogens with two attached hydrogens (primary N) is 1. The first-order valence-corrected chi connectivity index (χ1v) is 44.8. The van der Waals surface area contributed by atoms with Crippen LogP contribution in [0.15, 0.2) is 147 Å². The topological polar surface area (TPSA) is 268 Å². The molecule has 0 unspecified atom stereocenters. The molecule has 35 heteroatoms. The van der Waals surface area contributed by atoms with Gasteiger partial charge in [0.05, 0.1) is 41.5 Å². The van der Waals surface area contributed by atoms with Gasteiger partial charge in [0.1, 0.15) is 22.8 Å². The second-order valence-electron chi connectivity index (χ2n) is 32.0. The Morgan fingerprint density at radius 2 is 0.728 bits per heavy atom. The van der Waals surface area contributed by atoms with Crippen molar-refractivity contribution in [3.8, 4) is 0 Å². The monoisotopic (exact) mass is 1870 g/mol. The lowest BCUT2D eigenvalue weighted by atomic mass is 10.2. The van der Waals surface area contributed by atoms with Gasteiger partial charge in [-0.2, -0.15) is 0 Å². The number of aromatic nitrogens is 6. The Hall–Kier alpha value is -8.36.